The quantitative estimate of drug-likeness (QED) is 0.345. The molecule has 1 aliphatic heterocycles. The van der Waals surface area contributed by atoms with Crippen LogP contribution >= 0.6 is 0 Å². The molecule has 0 bridgehead atoms. The van der Waals surface area contributed by atoms with Gasteiger partial charge in [0.2, 0.25) is 0 Å². The van der Waals surface area contributed by atoms with Crippen molar-refractivity contribution in [2.24, 2.45) is 5.92 Å². The Kier molecular flexibility index (Phi) is 7.99. The Bertz CT molecular complexity index is 1040. The molecule has 1 amide bonds. The molecule has 7 heteroatoms. The van der Waals surface area contributed by atoms with Gasteiger partial charge in [0.15, 0.2) is 0 Å². The number of amides is 1. The highest BCUT2D eigenvalue weighted by Gasteiger charge is 2.45. The van der Waals surface area contributed by atoms with Gasteiger partial charge in [-0.1, -0.05) is 26.0 Å². The van der Waals surface area contributed by atoms with E-state index in [1.807, 2.05) is 62.3 Å². The van der Waals surface area contributed by atoms with Crippen LogP contribution in [0.3, 0.4) is 0 Å². The number of likely N-dealkylation sites (tertiary alicyclic amines) is 1. The number of anilines is 1. The average Bonchev–Trinajstić information content (AvgIpc) is 3.06. The van der Waals surface area contributed by atoms with Crippen LogP contribution in [-0.2, 0) is 9.59 Å². The van der Waals surface area contributed by atoms with Gasteiger partial charge in [0.25, 0.3) is 11.7 Å². The summed E-state index contributed by atoms with van der Waals surface area (Å²) in [4.78, 5) is 31.6. The molecule has 3 rings (SSSR count). The van der Waals surface area contributed by atoms with Crippen molar-refractivity contribution in [3.63, 3.8) is 0 Å². The van der Waals surface area contributed by atoms with Crippen molar-refractivity contribution in [1.29, 1.82) is 0 Å². The molecule has 1 atom stereocenters. The molecule has 0 radical (unpaired) electrons. The lowest BCUT2D eigenvalue weighted by atomic mass is 9.95. The Morgan fingerprint density at radius 2 is 1.62 bits per heavy atom. The lowest BCUT2D eigenvalue weighted by Gasteiger charge is -2.27. The van der Waals surface area contributed by atoms with Crippen LogP contribution in [0.25, 0.3) is 5.76 Å². The Hall–Kier alpha value is -3.32. The third-order valence-corrected chi connectivity index (χ3v) is 5.76. The maximum absolute atomic E-state index is 13.1. The van der Waals surface area contributed by atoms with Crippen molar-refractivity contribution in [1.82, 2.24) is 9.80 Å². The molecule has 1 fully saturated rings. The molecular formula is C27H35N3O4. The number of carbonyl (C=O) groups excluding carboxylic acids is 2. The van der Waals surface area contributed by atoms with E-state index >= 15 is 0 Å². The smallest absolute Gasteiger partial charge is 0.295 e. The number of aliphatic hydroxyl groups excluding tert-OH is 1. The van der Waals surface area contributed by atoms with E-state index in [9.17, 15) is 14.7 Å². The van der Waals surface area contributed by atoms with Crippen molar-refractivity contribution < 1.29 is 19.4 Å². The normalized spacial score (nSPS) is 17.6. The molecule has 2 aromatic rings. The number of carbonyl (C=O) groups is 2. The first-order valence-electron chi connectivity index (χ1n) is 11.5. The van der Waals surface area contributed by atoms with Gasteiger partial charge < -0.3 is 24.5 Å². The van der Waals surface area contributed by atoms with Gasteiger partial charge in [-0.05, 0) is 62.0 Å². The Morgan fingerprint density at radius 1 is 1.00 bits per heavy atom. The van der Waals surface area contributed by atoms with E-state index in [0.29, 0.717) is 36.9 Å². The van der Waals surface area contributed by atoms with Crippen LogP contribution in [0.1, 0.15) is 31.0 Å². The highest BCUT2D eigenvalue weighted by Crippen LogP contribution is 2.39. The van der Waals surface area contributed by atoms with E-state index in [4.69, 9.17) is 4.74 Å². The molecule has 1 heterocycles. The zero-order chi connectivity index (χ0) is 25.0. The summed E-state index contributed by atoms with van der Waals surface area (Å²) in [7, 11) is 7.74. The number of aliphatic hydroxyl groups is 1. The van der Waals surface area contributed by atoms with Gasteiger partial charge in [0.05, 0.1) is 18.2 Å². The maximum atomic E-state index is 13.1. The monoisotopic (exact) mass is 465 g/mol. The second-order valence-electron chi connectivity index (χ2n) is 9.51. The summed E-state index contributed by atoms with van der Waals surface area (Å²) in [6.07, 6.45) is 0. The highest BCUT2D eigenvalue weighted by atomic mass is 16.5. The predicted molar refractivity (Wildman–Crippen MR) is 135 cm³/mol. The number of likely N-dealkylation sites (N-methyl/N-ethyl adjacent to an activating group) is 1. The van der Waals surface area contributed by atoms with Crippen LogP contribution in [0.15, 0.2) is 54.1 Å². The Labute approximate surface area is 202 Å². The van der Waals surface area contributed by atoms with Gasteiger partial charge in [-0.2, -0.15) is 0 Å². The second-order valence-corrected chi connectivity index (χ2v) is 9.51. The van der Waals surface area contributed by atoms with Crippen molar-refractivity contribution in [3.8, 4) is 5.75 Å². The van der Waals surface area contributed by atoms with Crippen LogP contribution in [0.4, 0.5) is 5.69 Å². The first kappa shape index (κ1) is 25.3. The maximum Gasteiger partial charge on any atom is 0.295 e. The van der Waals surface area contributed by atoms with Crippen molar-refractivity contribution in [3.05, 3.63) is 65.2 Å². The van der Waals surface area contributed by atoms with Crippen LogP contribution in [0.5, 0.6) is 5.75 Å². The van der Waals surface area contributed by atoms with E-state index in [1.165, 1.54) is 0 Å². The summed E-state index contributed by atoms with van der Waals surface area (Å²) in [6.45, 7) is 5.70. The summed E-state index contributed by atoms with van der Waals surface area (Å²) in [5.41, 5.74) is 2.36. The third-order valence-electron chi connectivity index (χ3n) is 5.76. The van der Waals surface area contributed by atoms with Crippen LogP contribution in [-0.4, -0.2) is 74.5 Å². The number of hydrogen-bond acceptors (Lipinski definition) is 6. The van der Waals surface area contributed by atoms with Crippen LogP contribution < -0.4 is 9.64 Å². The molecule has 0 aromatic heterocycles. The molecule has 1 aliphatic rings. The third kappa shape index (κ3) is 5.59. The van der Waals surface area contributed by atoms with Crippen molar-refractivity contribution in [2.45, 2.75) is 19.9 Å². The SMILES string of the molecule is CC(C)COc1ccc(/C(O)=C2/C(=O)C(=O)N(CCN(C)C)C2c2ccc(N(C)C)cc2)cc1. The predicted octanol–water partition coefficient (Wildman–Crippen LogP) is 3.77. The number of nitrogens with zero attached hydrogens (tertiary/aromatic N) is 3. The zero-order valence-electron chi connectivity index (χ0n) is 20.9. The van der Waals surface area contributed by atoms with E-state index in [-0.39, 0.29) is 11.3 Å². The minimum atomic E-state index is -0.668. The standard InChI is InChI=1S/C27H35N3O4/c1-18(2)17-34-22-13-9-20(10-14-22)25(31)23-24(19-7-11-21(12-8-19)29(5)6)30(16-15-28(3)4)27(33)26(23)32/h7-14,18,24,31H,15-17H2,1-6H3/b25-23-. The topological polar surface area (TPSA) is 73.3 Å². The molecule has 0 saturated carbocycles. The fourth-order valence-electron chi connectivity index (χ4n) is 3.85. The highest BCUT2D eigenvalue weighted by molar-refractivity contribution is 6.46. The van der Waals surface area contributed by atoms with Gasteiger partial charge >= 0.3 is 0 Å². The molecule has 1 unspecified atom stereocenters. The average molecular weight is 466 g/mol. The fourth-order valence-corrected chi connectivity index (χ4v) is 3.85. The molecule has 7 nitrogen and oxygen atoms in total. The molecule has 34 heavy (non-hydrogen) atoms. The Morgan fingerprint density at radius 3 is 2.15 bits per heavy atom. The van der Waals surface area contributed by atoms with Gasteiger partial charge in [0, 0.05) is 38.4 Å². The number of Topliss-reactive ketones (excluding diaryl/α,β-unsaturated/α-hetero) is 1. The summed E-state index contributed by atoms with van der Waals surface area (Å²) in [6, 6.07) is 14.0. The first-order valence-corrected chi connectivity index (χ1v) is 11.5. The molecular weight excluding hydrogens is 430 g/mol. The first-order chi connectivity index (χ1) is 16.1. The molecule has 1 saturated heterocycles. The minimum absolute atomic E-state index is 0.109. The fraction of sp³-hybridized carbons (Fsp3) is 0.407. The van der Waals surface area contributed by atoms with Crippen molar-refractivity contribution in [2.75, 3.05) is 52.8 Å². The molecule has 0 aliphatic carbocycles. The molecule has 182 valence electrons. The van der Waals surface area contributed by atoms with Gasteiger partial charge in [0.1, 0.15) is 11.5 Å². The van der Waals surface area contributed by atoms with Gasteiger partial charge in [-0.25, -0.2) is 0 Å². The lowest BCUT2D eigenvalue weighted by molar-refractivity contribution is -0.140. The van der Waals surface area contributed by atoms with E-state index < -0.39 is 17.7 Å². The number of hydrogen-bond donors (Lipinski definition) is 1. The largest absolute Gasteiger partial charge is 0.507 e. The zero-order valence-corrected chi connectivity index (χ0v) is 20.9. The summed E-state index contributed by atoms with van der Waals surface area (Å²) in [5, 5.41) is 11.2. The van der Waals surface area contributed by atoms with Crippen LogP contribution in [0, 0.1) is 5.92 Å². The van der Waals surface area contributed by atoms with Crippen LogP contribution in [0.2, 0.25) is 0 Å². The Balaban J connectivity index is 2.03. The van der Waals surface area contributed by atoms with E-state index in [1.54, 1.807) is 29.2 Å². The summed E-state index contributed by atoms with van der Waals surface area (Å²) in [5.74, 6) is -0.361. The number of ether oxygens (including phenoxy) is 1. The molecule has 0 spiro atoms. The molecule has 2 aromatic carbocycles. The number of ketones is 1. The number of rotatable bonds is 9. The number of benzene rings is 2. The van der Waals surface area contributed by atoms with Gasteiger partial charge in [-0.3, -0.25) is 9.59 Å². The van der Waals surface area contributed by atoms with E-state index in [2.05, 4.69) is 13.8 Å². The van der Waals surface area contributed by atoms with E-state index in [0.717, 1.165) is 11.3 Å². The van der Waals surface area contributed by atoms with Crippen molar-refractivity contribution >= 4 is 23.1 Å². The van der Waals surface area contributed by atoms with Gasteiger partial charge in [-0.15, -0.1) is 0 Å². The summed E-state index contributed by atoms with van der Waals surface area (Å²) < 4.78 is 5.72. The minimum Gasteiger partial charge on any atom is -0.507 e. The lowest BCUT2D eigenvalue weighted by Crippen LogP contribution is -2.35. The summed E-state index contributed by atoms with van der Waals surface area (Å²) >= 11 is 0. The molecule has 1 N–H and O–H groups in total. The second kappa shape index (κ2) is 10.7.